The van der Waals surface area contributed by atoms with Gasteiger partial charge in [0.25, 0.3) is 5.91 Å². The Labute approximate surface area is 179 Å². The van der Waals surface area contributed by atoms with Crippen molar-refractivity contribution in [3.63, 3.8) is 0 Å². The molecule has 150 valence electrons. The zero-order valence-electron chi connectivity index (χ0n) is 16.3. The fraction of sp³-hybridized carbons (Fsp3) is 0.381. The number of carbonyl (C=O) groups excluding carboxylic acids is 1. The maximum absolute atomic E-state index is 12.6. The molecule has 0 atom stereocenters. The van der Waals surface area contributed by atoms with Crippen LogP contribution in [0.1, 0.15) is 10.4 Å². The van der Waals surface area contributed by atoms with Crippen LogP contribution in [-0.4, -0.2) is 64.3 Å². The van der Waals surface area contributed by atoms with Crippen LogP contribution in [0.25, 0.3) is 0 Å². The Morgan fingerprint density at radius 2 is 1.68 bits per heavy atom. The van der Waals surface area contributed by atoms with E-state index in [2.05, 4.69) is 62.0 Å². The van der Waals surface area contributed by atoms with Crippen LogP contribution in [0.3, 0.4) is 0 Å². The van der Waals surface area contributed by atoms with Gasteiger partial charge in [0.1, 0.15) is 0 Å². The van der Waals surface area contributed by atoms with Crippen molar-refractivity contribution in [2.45, 2.75) is 0 Å². The van der Waals surface area contributed by atoms with Gasteiger partial charge < -0.3 is 19.7 Å². The van der Waals surface area contributed by atoms with Gasteiger partial charge in [-0.1, -0.05) is 18.2 Å². The van der Waals surface area contributed by atoms with Crippen molar-refractivity contribution < 1.29 is 14.3 Å². The minimum absolute atomic E-state index is 0.0896. The zero-order valence-corrected chi connectivity index (χ0v) is 18.4. The van der Waals surface area contributed by atoms with Crippen LogP contribution in [0.15, 0.2) is 42.5 Å². The van der Waals surface area contributed by atoms with Gasteiger partial charge >= 0.3 is 0 Å². The summed E-state index contributed by atoms with van der Waals surface area (Å²) >= 11 is 2.15. The van der Waals surface area contributed by atoms with Crippen molar-refractivity contribution in [3.8, 4) is 11.5 Å². The molecule has 6 nitrogen and oxygen atoms in total. The molecule has 1 N–H and O–H groups in total. The van der Waals surface area contributed by atoms with Crippen LogP contribution in [0.2, 0.25) is 0 Å². The lowest BCUT2D eigenvalue weighted by Crippen LogP contribution is -2.48. The summed E-state index contributed by atoms with van der Waals surface area (Å²) in [6.07, 6.45) is 0. The van der Waals surface area contributed by atoms with E-state index in [1.54, 1.807) is 20.3 Å². The van der Waals surface area contributed by atoms with Crippen LogP contribution in [0, 0.1) is 3.57 Å². The third-order valence-corrected chi connectivity index (χ3v) is 5.82. The minimum Gasteiger partial charge on any atom is -0.493 e. The molecule has 1 fully saturated rings. The molecule has 0 bridgehead atoms. The van der Waals surface area contributed by atoms with Gasteiger partial charge in [-0.15, -0.1) is 0 Å². The van der Waals surface area contributed by atoms with Crippen LogP contribution in [-0.2, 0) is 0 Å². The zero-order chi connectivity index (χ0) is 19.9. The van der Waals surface area contributed by atoms with E-state index in [-0.39, 0.29) is 5.91 Å². The number of amides is 1. The summed E-state index contributed by atoms with van der Waals surface area (Å²) in [6.45, 7) is 5.47. The molecular formula is C21H26IN3O3. The number of nitrogens with one attached hydrogen (secondary N) is 1. The van der Waals surface area contributed by atoms with E-state index in [0.29, 0.717) is 23.6 Å². The Morgan fingerprint density at radius 1 is 1.04 bits per heavy atom. The molecule has 0 saturated carbocycles. The Morgan fingerprint density at radius 3 is 2.32 bits per heavy atom. The van der Waals surface area contributed by atoms with Crippen molar-refractivity contribution in [1.29, 1.82) is 0 Å². The molecule has 28 heavy (non-hydrogen) atoms. The highest BCUT2D eigenvalue weighted by Crippen LogP contribution is 2.31. The second-order valence-corrected chi connectivity index (χ2v) is 7.77. The average Bonchev–Trinajstić information content (AvgIpc) is 2.74. The Hall–Kier alpha value is -2.00. The molecule has 1 amide bonds. The number of para-hydroxylation sites is 1. The highest BCUT2D eigenvalue weighted by molar-refractivity contribution is 14.1. The predicted molar refractivity (Wildman–Crippen MR) is 120 cm³/mol. The maximum atomic E-state index is 12.6. The van der Waals surface area contributed by atoms with Gasteiger partial charge in [0.2, 0.25) is 0 Å². The number of benzene rings is 2. The summed E-state index contributed by atoms with van der Waals surface area (Å²) in [4.78, 5) is 17.4. The Bertz CT molecular complexity index is 793. The van der Waals surface area contributed by atoms with Crippen LogP contribution in [0.5, 0.6) is 11.5 Å². The monoisotopic (exact) mass is 495 g/mol. The highest BCUT2D eigenvalue weighted by atomic mass is 127. The molecule has 1 heterocycles. The van der Waals surface area contributed by atoms with Gasteiger partial charge in [-0.05, 0) is 46.9 Å². The third kappa shape index (κ3) is 5.08. The normalized spacial score (nSPS) is 14.6. The van der Waals surface area contributed by atoms with Crippen LogP contribution < -0.4 is 19.7 Å². The van der Waals surface area contributed by atoms with Gasteiger partial charge in [-0.2, -0.15) is 0 Å². The van der Waals surface area contributed by atoms with Crippen molar-refractivity contribution in [2.75, 3.05) is 58.4 Å². The molecule has 2 aromatic carbocycles. The number of hydrogen-bond acceptors (Lipinski definition) is 5. The van der Waals surface area contributed by atoms with E-state index in [1.165, 1.54) is 5.69 Å². The molecule has 1 aliphatic heterocycles. The predicted octanol–water partition coefficient (Wildman–Crippen LogP) is 2.86. The standard InChI is InChI=1S/C21H26IN3O3/c1-27-19-14-17(18(22)15-20(19)28-2)21(26)23-8-9-24-10-12-25(13-11-24)16-6-4-3-5-7-16/h3-7,14-15H,8-13H2,1-2H3,(H,23,26). The van der Waals surface area contributed by atoms with Gasteiger partial charge in [-0.3, -0.25) is 9.69 Å². The average molecular weight is 495 g/mol. The molecule has 7 heteroatoms. The topological polar surface area (TPSA) is 54.0 Å². The van der Waals surface area contributed by atoms with E-state index >= 15 is 0 Å². The van der Waals surface area contributed by atoms with E-state index in [9.17, 15) is 4.79 Å². The molecule has 1 aliphatic rings. The lowest BCUT2D eigenvalue weighted by molar-refractivity contribution is 0.0946. The lowest BCUT2D eigenvalue weighted by atomic mass is 10.2. The summed E-state index contributed by atoms with van der Waals surface area (Å²) in [7, 11) is 3.16. The second-order valence-electron chi connectivity index (χ2n) is 6.61. The molecule has 3 rings (SSSR count). The molecule has 0 aliphatic carbocycles. The van der Waals surface area contributed by atoms with E-state index in [1.807, 2.05) is 12.1 Å². The van der Waals surface area contributed by atoms with Gasteiger partial charge in [0.15, 0.2) is 11.5 Å². The molecule has 0 unspecified atom stereocenters. The molecular weight excluding hydrogens is 469 g/mol. The summed E-state index contributed by atoms with van der Waals surface area (Å²) in [5, 5.41) is 3.02. The van der Waals surface area contributed by atoms with Crippen molar-refractivity contribution >= 4 is 34.2 Å². The number of methoxy groups -OCH3 is 2. The highest BCUT2D eigenvalue weighted by Gasteiger charge is 2.18. The van der Waals surface area contributed by atoms with Crippen LogP contribution >= 0.6 is 22.6 Å². The van der Waals surface area contributed by atoms with Crippen molar-refractivity contribution in [3.05, 3.63) is 51.6 Å². The number of nitrogens with zero attached hydrogens (tertiary/aromatic N) is 2. The van der Waals surface area contributed by atoms with E-state index < -0.39 is 0 Å². The number of hydrogen-bond donors (Lipinski definition) is 1. The number of halogens is 1. The first-order valence-electron chi connectivity index (χ1n) is 9.34. The summed E-state index contributed by atoms with van der Waals surface area (Å²) < 4.78 is 11.4. The van der Waals surface area contributed by atoms with Crippen LogP contribution in [0.4, 0.5) is 5.69 Å². The van der Waals surface area contributed by atoms with Crippen molar-refractivity contribution in [2.24, 2.45) is 0 Å². The Balaban J connectivity index is 1.47. The largest absolute Gasteiger partial charge is 0.493 e. The first kappa shape index (κ1) is 20.7. The van der Waals surface area contributed by atoms with Crippen molar-refractivity contribution in [1.82, 2.24) is 10.2 Å². The molecule has 0 aromatic heterocycles. The molecule has 1 saturated heterocycles. The number of piperazine rings is 1. The first-order chi connectivity index (χ1) is 13.6. The smallest absolute Gasteiger partial charge is 0.252 e. The summed E-state index contributed by atoms with van der Waals surface area (Å²) in [5.74, 6) is 1.10. The second kappa shape index (κ2) is 9.97. The van der Waals surface area contributed by atoms with E-state index in [0.717, 1.165) is 36.3 Å². The van der Waals surface area contributed by atoms with E-state index in [4.69, 9.17) is 9.47 Å². The SMILES string of the molecule is COc1cc(I)c(C(=O)NCCN2CCN(c3ccccc3)CC2)cc1OC. The minimum atomic E-state index is -0.0896. The molecule has 0 radical (unpaired) electrons. The third-order valence-electron chi connectivity index (χ3n) is 4.93. The lowest BCUT2D eigenvalue weighted by Gasteiger charge is -2.36. The van der Waals surface area contributed by atoms with Gasteiger partial charge in [0.05, 0.1) is 19.8 Å². The molecule has 2 aromatic rings. The fourth-order valence-electron chi connectivity index (χ4n) is 3.32. The number of ether oxygens (including phenoxy) is 2. The summed E-state index contributed by atoms with van der Waals surface area (Å²) in [5.41, 5.74) is 1.88. The maximum Gasteiger partial charge on any atom is 0.252 e. The quantitative estimate of drug-likeness (QED) is 0.599. The van der Waals surface area contributed by atoms with Gasteiger partial charge in [0, 0.05) is 48.5 Å². The molecule has 0 spiro atoms. The number of carbonyl (C=O) groups is 1. The number of rotatable bonds is 7. The van der Waals surface area contributed by atoms with Gasteiger partial charge in [-0.25, -0.2) is 0 Å². The Kier molecular flexibility index (Phi) is 7.38. The fourth-order valence-corrected chi connectivity index (χ4v) is 4.00. The summed E-state index contributed by atoms with van der Waals surface area (Å²) in [6, 6.07) is 14.1. The first-order valence-corrected chi connectivity index (χ1v) is 10.4. The number of anilines is 1.